The van der Waals surface area contributed by atoms with Crippen LogP contribution in [0.15, 0.2) is 50.2 Å². The van der Waals surface area contributed by atoms with E-state index in [1.165, 1.54) is 6.07 Å². The number of hydrogen-bond acceptors (Lipinski definition) is 3. The first-order valence-corrected chi connectivity index (χ1v) is 8.70. The number of hydrogen-bond donors (Lipinski definition) is 2. The number of nitrogen functional groups attached to an aromatic ring is 1. The minimum atomic E-state index is -3.73. The van der Waals surface area contributed by atoms with Crippen molar-refractivity contribution in [3.63, 3.8) is 0 Å². The lowest BCUT2D eigenvalue weighted by Crippen LogP contribution is -2.15. The van der Waals surface area contributed by atoms with Gasteiger partial charge < -0.3 is 5.73 Å². The van der Waals surface area contributed by atoms with Gasteiger partial charge in [0.15, 0.2) is 0 Å². The van der Waals surface area contributed by atoms with Crippen LogP contribution in [0.5, 0.6) is 0 Å². The zero-order chi connectivity index (χ0) is 14.9. The van der Waals surface area contributed by atoms with E-state index in [0.717, 1.165) is 10.0 Å². The number of nitrogens with two attached hydrogens (primary N) is 1. The van der Waals surface area contributed by atoms with E-state index in [1.807, 2.05) is 13.0 Å². The molecule has 0 amide bonds. The third-order valence-electron chi connectivity index (χ3n) is 2.63. The van der Waals surface area contributed by atoms with Crippen molar-refractivity contribution in [2.75, 3.05) is 10.5 Å². The molecule has 0 bridgehead atoms. The Morgan fingerprint density at radius 2 is 1.80 bits per heavy atom. The summed E-state index contributed by atoms with van der Waals surface area (Å²) in [7, 11) is -3.73. The van der Waals surface area contributed by atoms with Crippen LogP contribution in [0.3, 0.4) is 0 Å². The van der Waals surface area contributed by atoms with E-state index in [2.05, 4.69) is 36.6 Å². The summed E-state index contributed by atoms with van der Waals surface area (Å²) in [4.78, 5) is 0.0501. The molecule has 0 saturated carbocycles. The first kappa shape index (κ1) is 15.3. The Labute approximate surface area is 134 Å². The van der Waals surface area contributed by atoms with Gasteiger partial charge in [0.1, 0.15) is 4.90 Å². The molecular weight excluding hydrogens is 408 g/mol. The Kier molecular flexibility index (Phi) is 4.41. The molecule has 0 fully saturated rings. The van der Waals surface area contributed by atoms with Gasteiger partial charge in [-0.1, -0.05) is 22.0 Å². The average molecular weight is 420 g/mol. The summed E-state index contributed by atoms with van der Waals surface area (Å²) in [5.41, 5.74) is 7.39. The highest BCUT2D eigenvalue weighted by molar-refractivity contribution is 9.10. The van der Waals surface area contributed by atoms with E-state index in [9.17, 15) is 8.42 Å². The van der Waals surface area contributed by atoms with E-state index in [1.54, 1.807) is 24.3 Å². The van der Waals surface area contributed by atoms with E-state index < -0.39 is 10.0 Å². The lowest BCUT2D eigenvalue weighted by Gasteiger charge is -2.12. The molecule has 4 nitrogen and oxygen atoms in total. The molecule has 0 radical (unpaired) electrons. The molecular formula is C13H12Br2N2O2S. The molecule has 0 heterocycles. The minimum absolute atomic E-state index is 0.0501. The predicted molar refractivity (Wildman–Crippen MR) is 88.2 cm³/mol. The number of rotatable bonds is 3. The number of sulfonamides is 1. The fourth-order valence-corrected chi connectivity index (χ4v) is 3.72. The summed E-state index contributed by atoms with van der Waals surface area (Å²) in [6, 6.07) is 10.1. The Balaban J connectivity index is 2.43. The standard InChI is InChI=1S/C13H12Br2N2O2S/c1-8-2-4-10(15)12(6-8)17-20(18,19)13-5-3-9(14)7-11(13)16/h2-7,17H,16H2,1H3. The third kappa shape index (κ3) is 3.34. The Hall–Kier alpha value is -1.05. The summed E-state index contributed by atoms with van der Waals surface area (Å²) in [6.45, 7) is 1.89. The second-order valence-corrected chi connectivity index (χ2v) is 7.69. The molecule has 0 aliphatic heterocycles. The summed E-state index contributed by atoms with van der Waals surface area (Å²) in [6.07, 6.45) is 0. The van der Waals surface area contributed by atoms with Gasteiger partial charge in [0.25, 0.3) is 10.0 Å². The molecule has 0 aliphatic rings. The molecule has 3 N–H and O–H groups in total. The molecule has 0 aliphatic carbocycles. The van der Waals surface area contributed by atoms with Gasteiger partial charge in [-0.2, -0.15) is 0 Å². The zero-order valence-electron chi connectivity index (χ0n) is 10.5. The van der Waals surface area contributed by atoms with E-state index in [4.69, 9.17) is 5.73 Å². The van der Waals surface area contributed by atoms with Crippen LogP contribution in [0.1, 0.15) is 5.56 Å². The molecule has 0 unspecified atom stereocenters. The Morgan fingerprint density at radius 1 is 1.10 bits per heavy atom. The molecule has 0 aromatic heterocycles. The van der Waals surface area contributed by atoms with E-state index in [-0.39, 0.29) is 10.6 Å². The van der Waals surface area contributed by atoms with Crippen molar-refractivity contribution in [1.29, 1.82) is 0 Å². The van der Waals surface area contributed by atoms with Crippen LogP contribution in [0, 0.1) is 6.92 Å². The molecule has 0 saturated heterocycles. The predicted octanol–water partition coefficient (Wildman–Crippen LogP) is 3.90. The number of aryl methyl sites for hydroxylation is 1. The van der Waals surface area contributed by atoms with Crippen LogP contribution in [-0.2, 0) is 10.0 Å². The van der Waals surface area contributed by atoms with Crippen molar-refractivity contribution in [2.24, 2.45) is 0 Å². The van der Waals surface area contributed by atoms with Gasteiger partial charge in [-0.15, -0.1) is 0 Å². The molecule has 0 spiro atoms. The van der Waals surface area contributed by atoms with Crippen molar-refractivity contribution in [1.82, 2.24) is 0 Å². The highest BCUT2D eigenvalue weighted by atomic mass is 79.9. The number of nitrogens with one attached hydrogen (secondary N) is 1. The third-order valence-corrected chi connectivity index (χ3v) is 5.25. The monoisotopic (exact) mass is 418 g/mol. The number of halogens is 2. The van der Waals surface area contributed by atoms with Crippen LogP contribution < -0.4 is 10.5 Å². The van der Waals surface area contributed by atoms with Gasteiger partial charge in [-0.05, 0) is 58.7 Å². The van der Waals surface area contributed by atoms with Crippen molar-refractivity contribution in [3.05, 3.63) is 50.9 Å². The molecule has 106 valence electrons. The Bertz CT molecular complexity index is 761. The summed E-state index contributed by atoms with van der Waals surface area (Å²) < 4.78 is 28.7. The maximum Gasteiger partial charge on any atom is 0.263 e. The first-order valence-electron chi connectivity index (χ1n) is 5.63. The average Bonchev–Trinajstić information content (AvgIpc) is 2.33. The van der Waals surface area contributed by atoms with Crippen LogP contribution >= 0.6 is 31.9 Å². The van der Waals surface area contributed by atoms with Gasteiger partial charge in [-0.3, -0.25) is 4.72 Å². The lowest BCUT2D eigenvalue weighted by atomic mass is 10.2. The molecule has 2 rings (SSSR count). The van der Waals surface area contributed by atoms with Gasteiger partial charge in [0.2, 0.25) is 0 Å². The molecule has 7 heteroatoms. The van der Waals surface area contributed by atoms with Crippen LogP contribution in [-0.4, -0.2) is 8.42 Å². The van der Waals surface area contributed by atoms with Crippen molar-refractivity contribution >= 4 is 53.3 Å². The normalized spacial score (nSPS) is 11.3. The lowest BCUT2D eigenvalue weighted by molar-refractivity contribution is 0.601. The van der Waals surface area contributed by atoms with Gasteiger partial charge >= 0.3 is 0 Å². The fourth-order valence-electron chi connectivity index (χ4n) is 1.68. The SMILES string of the molecule is Cc1ccc(Br)c(NS(=O)(=O)c2ccc(Br)cc2N)c1. The fraction of sp³-hybridized carbons (Fsp3) is 0.0769. The molecule has 0 atom stereocenters. The van der Waals surface area contributed by atoms with Crippen LogP contribution in [0.25, 0.3) is 0 Å². The second-order valence-electron chi connectivity index (χ2n) is 4.27. The summed E-state index contributed by atoms with van der Waals surface area (Å²) >= 11 is 6.57. The minimum Gasteiger partial charge on any atom is -0.398 e. The van der Waals surface area contributed by atoms with Crippen molar-refractivity contribution < 1.29 is 8.42 Å². The van der Waals surface area contributed by atoms with E-state index >= 15 is 0 Å². The highest BCUT2D eigenvalue weighted by Gasteiger charge is 2.18. The molecule has 20 heavy (non-hydrogen) atoms. The first-order chi connectivity index (χ1) is 9.29. The number of benzene rings is 2. The van der Waals surface area contributed by atoms with Gasteiger partial charge in [0.05, 0.1) is 11.4 Å². The molecule has 2 aromatic rings. The largest absolute Gasteiger partial charge is 0.398 e. The quantitative estimate of drug-likeness (QED) is 0.741. The second kappa shape index (κ2) is 5.75. The maximum atomic E-state index is 12.4. The van der Waals surface area contributed by atoms with E-state index in [0.29, 0.717) is 10.2 Å². The van der Waals surface area contributed by atoms with Gasteiger partial charge in [-0.25, -0.2) is 8.42 Å². The van der Waals surface area contributed by atoms with Crippen molar-refractivity contribution in [2.45, 2.75) is 11.8 Å². The molecule has 2 aromatic carbocycles. The Morgan fingerprint density at radius 3 is 2.45 bits per heavy atom. The van der Waals surface area contributed by atoms with Crippen molar-refractivity contribution in [3.8, 4) is 0 Å². The van der Waals surface area contributed by atoms with Crippen LogP contribution in [0.4, 0.5) is 11.4 Å². The smallest absolute Gasteiger partial charge is 0.263 e. The zero-order valence-corrected chi connectivity index (χ0v) is 14.5. The van der Waals surface area contributed by atoms with Gasteiger partial charge in [0, 0.05) is 8.95 Å². The summed E-state index contributed by atoms with van der Waals surface area (Å²) in [5.74, 6) is 0. The topological polar surface area (TPSA) is 72.2 Å². The maximum absolute atomic E-state index is 12.4. The highest BCUT2D eigenvalue weighted by Crippen LogP contribution is 2.28. The van der Waals surface area contributed by atoms with Crippen LogP contribution in [0.2, 0.25) is 0 Å². The summed E-state index contributed by atoms with van der Waals surface area (Å²) in [5, 5.41) is 0. The number of anilines is 2.